The van der Waals surface area contributed by atoms with Gasteiger partial charge in [-0.05, 0) is 23.8 Å². The number of carboxylic acids is 1. The van der Waals surface area contributed by atoms with E-state index in [1.165, 1.54) is 0 Å². The maximum atomic E-state index is 11.4. The van der Waals surface area contributed by atoms with Crippen LogP contribution in [0.15, 0.2) is 54.9 Å². The molecule has 3 aromatic rings. The number of carbonyl (C=O) groups is 1. The molecule has 0 unspecified atom stereocenters. The van der Waals surface area contributed by atoms with Gasteiger partial charge in [-0.15, -0.1) is 0 Å². The molecule has 1 aromatic carbocycles. The van der Waals surface area contributed by atoms with Crippen molar-refractivity contribution in [3.63, 3.8) is 0 Å². The standard InChI is InChI=1S/C17H12N2O2/c20-17(21)14-10-13-8-9-18-11-16(13)19-15(14)7-6-12-4-2-1-3-5-12/h1-11H,(H,20,21). The molecule has 3 rings (SSSR count). The van der Waals surface area contributed by atoms with Crippen molar-refractivity contribution in [2.24, 2.45) is 0 Å². The van der Waals surface area contributed by atoms with Gasteiger partial charge in [0.15, 0.2) is 0 Å². The van der Waals surface area contributed by atoms with Crippen molar-refractivity contribution in [1.29, 1.82) is 0 Å². The number of aromatic nitrogens is 2. The van der Waals surface area contributed by atoms with Crippen molar-refractivity contribution >= 4 is 29.0 Å². The van der Waals surface area contributed by atoms with Gasteiger partial charge in [0.25, 0.3) is 0 Å². The van der Waals surface area contributed by atoms with Crippen LogP contribution in [0.4, 0.5) is 0 Å². The molecule has 0 aliphatic carbocycles. The molecule has 0 saturated carbocycles. The van der Waals surface area contributed by atoms with E-state index >= 15 is 0 Å². The highest BCUT2D eigenvalue weighted by molar-refractivity contribution is 5.97. The number of fused-ring (bicyclic) bond motifs is 1. The van der Waals surface area contributed by atoms with Gasteiger partial charge in [0.05, 0.1) is 23.0 Å². The molecule has 0 aliphatic rings. The van der Waals surface area contributed by atoms with E-state index in [-0.39, 0.29) is 5.56 Å². The molecule has 0 bridgehead atoms. The lowest BCUT2D eigenvalue weighted by Crippen LogP contribution is -2.02. The highest BCUT2D eigenvalue weighted by Crippen LogP contribution is 2.18. The smallest absolute Gasteiger partial charge is 0.337 e. The minimum atomic E-state index is -0.992. The number of hydrogen-bond acceptors (Lipinski definition) is 3. The van der Waals surface area contributed by atoms with Crippen molar-refractivity contribution in [3.8, 4) is 0 Å². The van der Waals surface area contributed by atoms with Crippen molar-refractivity contribution < 1.29 is 9.90 Å². The Balaban J connectivity index is 2.10. The molecule has 0 amide bonds. The first kappa shape index (κ1) is 13.0. The van der Waals surface area contributed by atoms with Gasteiger partial charge in [-0.3, -0.25) is 4.98 Å². The Morgan fingerprint density at radius 2 is 1.90 bits per heavy atom. The highest BCUT2D eigenvalue weighted by atomic mass is 16.4. The largest absolute Gasteiger partial charge is 0.478 e. The molecule has 0 aliphatic heterocycles. The second-order valence-electron chi connectivity index (χ2n) is 4.54. The van der Waals surface area contributed by atoms with Crippen LogP contribution in [0.3, 0.4) is 0 Å². The first-order valence-electron chi connectivity index (χ1n) is 6.45. The van der Waals surface area contributed by atoms with Crippen LogP contribution in [0.25, 0.3) is 23.1 Å². The lowest BCUT2D eigenvalue weighted by atomic mass is 10.1. The van der Waals surface area contributed by atoms with Gasteiger partial charge >= 0.3 is 5.97 Å². The molecule has 0 atom stereocenters. The molecule has 0 fully saturated rings. The van der Waals surface area contributed by atoms with E-state index < -0.39 is 5.97 Å². The number of aromatic carboxylic acids is 1. The van der Waals surface area contributed by atoms with E-state index in [1.54, 1.807) is 30.6 Å². The zero-order valence-electron chi connectivity index (χ0n) is 11.1. The summed E-state index contributed by atoms with van der Waals surface area (Å²) in [6, 6.07) is 13.0. The highest BCUT2D eigenvalue weighted by Gasteiger charge is 2.11. The predicted molar refractivity (Wildman–Crippen MR) is 81.9 cm³/mol. The van der Waals surface area contributed by atoms with Gasteiger partial charge in [0.1, 0.15) is 0 Å². The Morgan fingerprint density at radius 3 is 2.67 bits per heavy atom. The third-order valence-corrected chi connectivity index (χ3v) is 3.11. The second kappa shape index (κ2) is 5.54. The number of hydrogen-bond donors (Lipinski definition) is 1. The lowest BCUT2D eigenvalue weighted by Gasteiger charge is -2.03. The first-order chi connectivity index (χ1) is 10.2. The van der Waals surface area contributed by atoms with Crippen molar-refractivity contribution in [2.45, 2.75) is 0 Å². The van der Waals surface area contributed by atoms with Crippen LogP contribution in [-0.4, -0.2) is 21.0 Å². The number of benzene rings is 1. The monoisotopic (exact) mass is 276 g/mol. The molecule has 2 aromatic heterocycles. The summed E-state index contributed by atoms with van der Waals surface area (Å²) in [5.41, 5.74) is 2.27. The van der Waals surface area contributed by atoms with Gasteiger partial charge in [-0.1, -0.05) is 36.4 Å². The van der Waals surface area contributed by atoms with E-state index in [0.717, 1.165) is 10.9 Å². The molecule has 1 N–H and O–H groups in total. The summed E-state index contributed by atoms with van der Waals surface area (Å²) in [6.45, 7) is 0. The van der Waals surface area contributed by atoms with Gasteiger partial charge in [-0.25, -0.2) is 9.78 Å². The average molecular weight is 276 g/mol. The topological polar surface area (TPSA) is 63.1 Å². The fourth-order valence-corrected chi connectivity index (χ4v) is 2.07. The number of carboxylic acid groups (broad SMARTS) is 1. The zero-order valence-corrected chi connectivity index (χ0v) is 11.1. The maximum Gasteiger partial charge on any atom is 0.337 e. The van der Waals surface area contributed by atoms with Crippen LogP contribution < -0.4 is 0 Å². The van der Waals surface area contributed by atoms with E-state index in [1.807, 2.05) is 36.4 Å². The quantitative estimate of drug-likeness (QED) is 0.795. The van der Waals surface area contributed by atoms with Crippen LogP contribution in [-0.2, 0) is 0 Å². The van der Waals surface area contributed by atoms with E-state index in [9.17, 15) is 9.90 Å². The van der Waals surface area contributed by atoms with Crippen LogP contribution >= 0.6 is 0 Å². The van der Waals surface area contributed by atoms with Crippen molar-refractivity contribution in [3.05, 3.63) is 71.7 Å². The maximum absolute atomic E-state index is 11.4. The Labute approximate surface area is 121 Å². The molecular formula is C17H12N2O2. The predicted octanol–water partition coefficient (Wildman–Crippen LogP) is 3.50. The van der Waals surface area contributed by atoms with Gasteiger partial charge in [0, 0.05) is 11.6 Å². The average Bonchev–Trinajstić information content (AvgIpc) is 2.53. The van der Waals surface area contributed by atoms with Gasteiger partial charge in [0.2, 0.25) is 0 Å². The minimum absolute atomic E-state index is 0.181. The number of rotatable bonds is 3. The van der Waals surface area contributed by atoms with Crippen molar-refractivity contribution in [2.75, 3.05) is 0 Å². The van der Waals surface area contributed by atoms with E-state index in [0.29, 0.717) is 11.2 Å². The number of nitrogens with zero attached hydrogens (tertiary/aromatic N) is 2. The second-order valence-corrected chi connectivity index (χ2v) is 4.54. The fraction of sp³-hybridized carbons (Fsp3) is 0. The fourth-order valence-electron chi connectivity index (χ4n) is 2.07. The third-order valence-electron chi connectivity index (χ3n) is 3.11. The molecule has 2 heterocycles. The van der Waals surface area contributed by atoms with Crippen LogP contribution in [0.1, 0.15) is 21.6 Å². The Morgan fingerprint density at radius 1 is 1.10 bits per heavy atom. The van der Waals surface area contributed by atoms with E-state index in [2.05, 4.69) is 9.97 Å². The third kappa shape index (κ3) is 2.79. The van der Waals surface area contributed by atoms with Crippen LogP contribution in [0, 0.1) is 0 Å². The molecule has 102 valence electrons. The number of pyridine rings is 2. The van der Waals surface area contributed by atoms with Gasteiger partial charge < -0.3 is 5.11 Å². The molecule has 0 radical (unpaired) electrons. The summed E-state index contributed by atoms with van der Waals surface area (Å²) >= 11 is 0. The minimum Gasteiger partial charge on any atom is -0.478 e. The molecule has 4 nitrogen and oxygen atoms in total. The molecule has 4 heteroatoms. The zero-order chi connectivity index (χ0) is 14.7. The Bertz CT molecular complexity index is 827. The summed E-state index contributed by atoms with van der Waals surface area (Å²) in [4.78, 5) is 19.8. The van der Waals surface area contributed by atoms with Crippen LogP contribution in [0.2, 0.25) is 0 Å². The first-order valence-corrected chi connectivity index (χ1v) is 6.45. The van der Waals surface area contributed by atoms with Crippen molar-refractivity contribution in [1.82, 2.24) is 9.97 Å². The van der Waals surface area contributed by atoms with Crippen LogP contribution in [0.5, 0.6) is 0 Å². The van der Waals surface area contributed by atoms with E-state index in [4.69, 9.17) is 0 Å². The summed E-state index contributed by atoms with van der Waals surface area (Å²) in [6.07, 6.45) is 6.80. The normalized spacial score (nSPS) is 11.0. The summed E-state index contributed by atoms with van der Waals surface area (Å²) < 4.78 is 0. The molecular weight excluding hydrogens is 264 g/mol. The molecule has 0 spiro atoms. The Kier molecular flexibility index (Phi) is 3.43. The summed E-state index contributed by atoms with van der Waals surface area (Å²) in [5, 5.41) is 10.1. The Hall–Kier alpha value is -3.01. The summed E-state index contributed by atoms with van der Waals surface area (Å²) in [5.74, 6) is -0.992. The summed E-state index contributed by atoms with van der Waals surface area (Å²) in [7, 11) is 0. The van der Waals surface area contributed by atoms with Gasteiger partial charge in [-0.2, -0.15) is 0 Å². The molecule has 21 heavy (non-hydrogen) atoms. The molecule has 0 saturated heterocycles. The SMILES string of the molecule is O=C(O)c1cc2ccncc2nc1C=Cc1ccccc1. The lowest BCUT2D eigenvalue weighted by molar-refractivity contribution is 0.0696.